The van der Waals surface area contributed by atoms with Gasteiger partial charge in [-0.3, -0.25) is 0 Å². The predicted molar refractivity (Wildman–Crippen MR) is 46.1 cm³/mol. The monoisotopic (exact) mass is 150 g/mol. The van der Waals surface area contributed by atoms with Crippen LogP contribution in [0.3, 0.4) is 0 Å². The zero-order valence-electron chi connectivity index (χ0n) is 6.37. The van der Waals surface area contributed by atoms with Crippen LogP contribution >= 0.6 is 0 Å². The molecule has 0 aliphatic rings. The second kappa shape index (κ2) is 3.71. The summed E-state index contributed by atoms with van der Waals surface area (Å²) < 4.78 is 0. The summed E-state index contributed by atoms with van der Waals surface area (Å²) in [6, 6.07) is 7.04. The third-order valence-electron chi connectivity index (χ3n) is 1.35. The van der Waals surface area contributed by atoms with Crippen molar-refractivity contribution in [2.24, 2.45) is 5.18 Å². The van der Waals surface area contributed by atoms with Crippen LogP contribution in [0.25, 0.3) is 0 Å². The Morgan fingerprint density at radius 1 is 1.36 bits per heavy atom. The van der Waals surface area contributed by atoms with Crippen molar-refractivity contribution in [2.75, 3.05) is 11.9 Å². The van der Waals surface area contributed by atoms with Crippen molar-refractivity contribution in [1.82, 2.24) is 0 Å². The molecule has 0 radical (unpaired) electrons. The number of nitroso groups, excluding NO2 is 1. The number of benzene rings is 1. The Bertz CT molecular complexity index is 230. The highest BCUT2D eigenvalue weighted by Crippen LogP contribution is 2.14. The summed E-state index contributed by atoms with van der Waals surface area (Å²) in [5, 5.41) is 5.91. The fraction of sp³-hybridized carbons (Fsp3) is 0.250. The van der Waals surface area contributed by atoms with Gasteiger partial charge in [0.15, 0.2) is 0 Å². The van der Waals surface area contributed by atoms with E-state index in [1.165, 1.54) is 0 Å². The molecule has 0 aromatic heterocycles. The molecule has 1 rings (SSSR count). The number of hydrogen-bond acceptors (Lipinski definition) is 3. The van der Waals surface area contributed by atoms with E-state index in [1.54, 1.807) is 12.1 Å². The highest BCUT2D eigenvalue weighted by molar-refractivity contribution is 5.50. The van der Waals surface area contributed by atoms with Crippen LogP contribution in [0.5, 0.6) is 0 Å². The minimum atomic E-state index is 0.464. The molecule has 0 amide bonds. The van der Waals surface area contributed by atoms with E-state index in [0.29, 0.717) is 5.69 Å². The Hall–Kier alpha value is -1.38. The average Bonchev–Trinajstić information content (AvgIpc) is 2.07. The van der Waals surface area contributed by atoms with Crippen LogP contribution in [0.15, 0.2) is 29.4 Å². The summed E-state index contributed by atoms with van der Waals surface area (Å²) in [4.78, 5) is 10.0. The van der Waals surface area contributed by atoms with E-state index < -0.39 is 0 Å². The van der Waals surface area contributed by atoms with Crippen molar-refractivity contribution in [2.45, 2.75) is 6.92 Å². The zero-order valence-corrected chi connectivity index (χ0v) is 6.37. The molecule has 0 unspecified atom stereocenters. The van der Waals surface area contributed by atoms with Crippen molar-refractivity contribution in [3.63, 3.8) is 0 Å². The van der Waals surface area contributed by atoms with Gasteiger partial charge in [-0.05, 0) is 36.4 Å². The molecule has 3 heteroatoms. The Labute approximate surface area is 65.4 Å². The standard InChI is InChI=1S/C8H10N2O/c1-2-9-7-3-5-8(10-11)6-4-7/h3-6,9H,2H2,1H3. The molecule has 58 valence electrons. The van der Waals surface area contributed by atoms with Crippen LogP contribution in [-0.4, -0.2) is 6.54 Å². The van der Waals surface area contributed by atoms with Gasteiger partial charge in [0.1, 0.15) is 5.69 Å². The lowest BCUT2D eigenvalue weighted by Crippen LogP contribution is -1.94. The topological polar surface area (TPSA) is 41.5 Å². The van der Waals surface area contributed by atoms with E-state index in [-0.39, 0.29) is 0 Å². The Balaban J connectivity index is 2.74. The highest BCUT2D eigenvalue weighted by atomic mass is 16.3. The van der Waals surface area contributed by atoms with Gasteiger partial charge < -0.3 is 5.32 Å². The van der Waals surface area contributed by atoms with Gasteiger partial charge in [0.25, 0.3) is 0 Å². The summed E-state index contributed by atoms with van der Waals surface area (Å²) in [6.45, 7) is 2.90. The van der Waals surface area contributed by atoms with Crippen molar-refractivity contribution >= 4 is 11.4 Å². The van der Waals surface area contributed by atoms with E-state index in [2.05, 4.69) is 10.5 Å². The first-order valence-corrected chi connectivity index (χ1v) is 3.54. The van der Waals surface area contributed by atoms with Crippen molar-refractivity contribution in [3.8, 4) is 0 Å². The maximum atomic E-state index is 10.0. The number of nitrogens with one attached hydrogen (secondary N) is 1. The first-order chi connectivity index (χ1) is 5.36. The summed E-state index contributed by atoms with van der Waals surface area (Å²) >= 11 is 0. The van der Waals surface area contributed by atoms with Crippen molar-refractivity contribution in [3.05, 3.63) is 29.2 Å². The van der Waals surface area contributed by atoms with E-state index in [1.807, 2.05) is 19.1 Å². The van der Waals surface area contributed by atoms with Gasteiger partial charge in [0.2, 0.25) is 0 Å². The number of rotatable bonds is 3. The largest absolute Gasteiger partial charge is 0.385 e. The molecular weight excluding hydrogens is 140 g/mol. The molecule has 0 spiro atoms. The van der Waals surface area contributed by atoms with Gasteiger partial charge in [-0.2, -0.15) is 0 Å². The van der Waals surface area contributed by atoms with E-state index >= 15 is 0 Å². The Morgan fingerprint density at radius 2 is 2.00 bits per heavy atom. The maximum absolute atomic E-state index is 10.0. The second-order valence-corrected chi connectivity index (χ2v) is 2.17. The molecule has 0 saturated carbocycles. The van der Waals surface area contributed by atoms with Gasteiger partial charge >= 0.3 is 0 Å². The van der Waals surface area contributed by atoms with Crippen LogP contribution in [0.4, 0.5) is 11.4 Å². The van der Waals surface area contributed by atoms with Crippen molar-refractivity contribution < 1.29 is 0 Å². The molecule has 1 N–H and O–H groups in total. The molecule has 1 aromatic carbocycles. The number of anilines is 1. The first kappa shape index (κ1) is 7.72. The third kappa shape index (κ3) is 2.04. The fourth-order valence-corrected chi connectivity index (χ4v) is 0.844. The Morgan fingerprint density at radius 3 is 2.45 bits per heavy atom. The van der Waals surface area contributed by atoms with Crippen LogP contribution in [-0.2, 0) is 0 Å². The average molecular weight is 150 g/mol. The number of nitrogens with zero attached hydrogens (tertiary/aromatic N) is 1. The molecule has 0 aliphatic carbocycles. The molecule has 3 nitrogen and oxygen atoms in total. The van der Waals surface area contributed by atoms with E-state index in [4.69, 9.17) is 0 Å². The summed E-state index contributed by atoms with van der Waals surface area (Å²) in [7, 11) is 0. The van der Waals surface area contributed by atoms with Gasteiger partial charge in [-0.1, -0.05) is 0 Å². The SMILES string of the molecule is CCNc1ccc(N=O)cc1. The quantitative estimate of drug-likeness (QED) is 0.672. The lowest BCUT2D eigenvalue weighted by molar-refractivity contribution is 1.21. The van der Waals surface area contributed by atoms with Gasteiger partial charge in [0.05, 0.1) is 0 Å². The molecule has 0 saturated heterocycles. The lowest BCUT2D eigenvalue weighted by atomic mass is 10.3. The normalized spacial score (nSPS) is 9.18. The van der Waals surface area contributed by atoms with Crippen LogP contribution in [0, 0.1) is 4.91 Å². The molecule has 0 fully saturated rings. The van der Waals surface area contributed by atoms with Gasteiger partial charge in [-0.25, -0.2) is 0 Å². The molecule has 1 aromatic rings. The summed E-state index contributed by atoms with van der Waals surface area (Å²) in [5.41, 5.74) is 1.48. The van der Waals surface area contributed by atoms with Crippen LogP contribution in [0.1, 0.15) is 6.92 Å². The fourth-order valence-electron chi connectivity index (χ4n) is 0.844. The molecular formula is C8H10N2O. The highest BCUT2D eigenvalue weighted by Gasteiger charge is 1.90. The van der Waals surface area contributed by atoms with E-state index in [0.717, 1.165) is 12.2 Å². The first-order valence-electron chi connectivity index (χ1n) is 3.54. The maximum Gasteiger partial charge on any atom is 0.108 e. The van der Waals surface area contributed by atoms with Crippen molar-refractivity contribution in [1.29, 1.82) is 0 Å². The van der Waals surface area contributed by atoms with Gasteiger partial charge in [0, 0.05) is 12.2 Å². The predicted octanol–water partition coefficient (Wildman–Crippen LogP) is 2.52. The third-order valence-corrected chi connectivity index (χ3v) is 1.35. The minimum Gasteiger partial charge on any atom is -0.385 e. The van der Waals surface area contributed by atoms with Gasteiger partial charge in [-0.15, -0.1) is 4.91 Å². The second-order valence-electron chi connectivity index (χ2n) is 2.17. The number of hydrogen-bond donors (Lipinski definition) is 1. The Kier molecular flexibility index (Phi) is 2.60. The molecule has 0 aliphatic heterocycles. The minimum absolute atomic E-state index is 0.464. The smallest absolute Gasteiger partial charge is 0.108 e. The van der Waals surface area contributed by atoms with Crippen LogP contribution in [0.2, 0.25) is 0 Å². The van der Waals surface area contributed by atoms with E-state index in [9.17, 15) is 4.91 Å². The molecule has 0 bridgehead atoms. The zero-order chi connectivity index (χ0) is 8.10. The molecule has 0 heterocycles. The lowest BCUT2D eigenvalue weighted by Gasteiger charge is -2.00. The summed E-state index contributed by atoms with van der Waals surface area (Å²) in [5.74, 6) is 0. The molecule has 0 atom stereocenters. The van der Waals surface area contributed by atoms with Crippen LogP contribution < -0.4 is 5.32 Å². The summed E-state index contributed by atoms with van der Waals surface area (Å²) in [6.07, 6.45) is 0. The molecule has 11 heavy (non-hydrogen) atoms.